The van der Waals surface area contributed by atoms with Crippen LogP contribution in [0.3, 0.4) is 0 Å². The molecule has 14 heavy (non-hydrogen) atoms. The summed E-state index contributed by atoms with van der Waals surface area (Å²) >= 11 is 0. The van der Waals surface area contributed by atoms with E-state index in [4.69, 9.17) is 0 Å². The molecule has 0 bridgehead atoms. The number of nitrogens with one attached hydrogen (secondary N) is 1. The number of hydrogen-bond donors (Lipinski definition) is 1. The fourth-order valence-corrected chi connectivity index (χ4v) is 1.43. The second-order valence-electron chi connectivity index (χ2n) is 3.30. The minimum absolute atomic E-state index is 0.0657. The number of hydrogen-bond acceptors (Lipinski definition) is 1. The lowest BCUT2D eigenvalue weighted by Crippen LogP contribution is -2.03. The van der Waals surface area contributed by atoms with Crippen molar-refractivity contribution >= 4 is 0 Å². The fraction of sp³-hybridized carbons (Fsp3) is 0.0833. The van der Waals surface area contributed by atoms with E-state index in [-0.39, 0.29) is 5.56 Å². The number of aromatic nitrogens is 1. The SMILES string of the molecule is Cc1cccc(-c2cccc(=O)[nH]2)c1. The number of benzene rings is 1. The van der Waals surface area contributed by atoms with Gasteiger partial charge in [0, 0.05) is 11.8 Å². The quantitative estimate of drug-likeness (QED) is 0.726. The van der Waals surface area contributed by atoms with Crippen molar-refractivity contribution in [1.29, 1.82) is 0 Å². The lowest BCUT2D eigenvalue weighted by atomic mass is 10.1. The van der Waals surface area contributed by atoms with Crippen molar-refractivity contribution in [3.05, 3.63) is 58.4 Å². The predicted molar refractivity (Wildman–Crippen MR) is 57.2 cm³/mol. The topological polar surface area (TPSA) is 32.9 Å². The molecule has 0 aliphatic heterocycles. The van der Waals surface area contributed by atoms with Gasteiger partial charge in [-0.25, -0.2) is 0 Å². The van der Waals surface area contributed by atoms with Crippen molar-refractivity contribution < 1.29 is 0 Å². The Morgan fingerprint density at radius 2 is 1.86 bits per heavy atom. The zero-order valence-electron chi connectivity index (χ0n) is 7.95. The Balaban J connectivity index is 2.55. The Labute approximate surface area is 82.2 Å². The van der Waals surface area contributed by atoms with E-state index in [0.717, 1.165) is 11.3 Å². The summed E-state index contributed by atoms with van der Waals surface area (Å²) in [6.07, 6.45) is 0. The van der Waals surface area contributed by atoms with Gasteiger partial charge < -0.3 is 4.98 Å². The van der Waals surface area contributed by atoms with Gasteiger partial charge in [-0.2, -0.15) is 0 Å². The number of aromatic amines is 1. The largest absolute Gasteiger partial charge is 0.322 e. The van der Waals surface area contributed by atoms with E-state index in [2.05, 4.69) is 4.98 Å². The number of pyridine rings is 1. The third-order valence-corrected chi connectivity index (χ3v) is 2.10. The van der Waals surface area contributed by atoms with Crippen molar-refractivity contribution in [1.82, 2.24) is 4.98 Å². The first-order valence-corrected chi connectivity index (χ1v) is 4.52. The van der Waals surface area contributed by atoms with Crippen LogP contribution < -0.4 is 5.56 Å². The van der Waals surface area contributed by atoms with E-state index in [1.54, 1.807) is 6.07 Å². The van der Waals surface area contributed by atoms with Crippen LogP contribution in [0.4, 0.5) is 0 Å². The molecule has 0 unspecified atom stereocenters. The summed E-state index contributed by atoms with van der Waals surface area (Å²) < 4.78 is 0. The highest BCUT2D eigenvalue weighted by atomic mass is 16.1. The molecular weight excluding hydrogens is 174 g/mol. The molecule has 0 aliphatic carbocycles. The number of rotatable bonds is 1. The van der Waals surface area contributed by atoms with Gasteiger partial charge in [-0.3, -0.25) is 4.79 Å². The maximum Gasteiger partial charge on any atom is 0.248 e. The first-order valence-electron chi connectivity index (χ1n) is 4.52. The van der Waals surface area contributed by atoms with E-state index in [1.807, 2.05) is 37.3 Å². The molecule has 1 aromatic carbocycles. The molecule has 2 aromatic rings. The third kappa shape index (κ3) is 1.74. The Morgan fingerprint density at radius 1 is 1.07 bits per heavy atom. The molecule has 1 aromatic heterocycles. The molecule has 70 valence electrons. The Hall–Kier alpha value is -1.83. The molecule has 2 nitrogen and oxygen atoms in total. The van der Waals surface area contributed by atoms with Gasteiger partial charge in [0.15, 0.2) is 0 Å². The van der Waals surface area contributed by atoms with Crippen molar-refractivity contribution in [2.24, 2.45) is 0 Å². The van der Waals surface area contributed by atoms with Crippen molar-refractivity contribution in [3.63, 3.8) is 0 Å². The second kappa shape index (κ2) is 3.50. The van der Waals surface area contributed by atoms with Crippen LogP contribution in [-0.4, -0.2) is 4.98 Å². The molecule has 0 saturated carbocycles. The van der Waals surface area contributed by atoms with Gasteiger partial charge in [0.05, 0.1) is 0 Å². The predicted octanol–water partition coefficient (Wildman–Crippen LogP) is 2.35. The van der Waals surface area contributed by atoms with Crippen LogP contribution in [-0.2, 0) is 0 Å². The Bertz CT molecular complexity index is 499. The van der Waals surface area contributed by atoms with Gasteiger partial charge in [-0.1, -0.05) is 29.8 Å². The van der Waals surface area contributed by atoms with Crippen molar-refractivity contribution in [2.75, 3.05) is 0 Å². The second-order valence-corrected chi connectivity index (χ2v) is 3.30. The average molecular weight is 185 g/mol. The highest BCUT2D eigenvalue weighted by Gasteiger charge is 1.97. The summed E-state index contributed by atoms with van der Waals surface area (Å²) in [5.41, 5.74) is 3.03. The van der Waals surface area contributed by atoms with Crippen LogP contribution in [0.15, 0.2) is 47.3 Å². The van der Waals surface area contributed by atoms with Gasteiger partial charge >= 0.3 is 0 Å². The minimum atomic E-state index is -0.0657. The molecule has 0 amide bonds. The summed E-state index contributed by atoms with van der Waals surface area (Å²) in [6.45, 7) is 2.03. The molecule has 0 radical (unpaired) electrons. The highest BCUT2D eigenvalue weighted by Crippen LogP contribution is 2.15. The lowest BCUT2D eigenvalue weighted by molar-refractivity contribution is 1.24. The molecule has 1 N–H and O–H groups in total. The maximum absolute atomic E-state index is 11.1. The first kappa shape index (κ1) is 8.75. The van der Waals surface area contributed by atoms with Crippen LogP contribution in [0.1, 0.15) is 5.56 Å². The standard InChI is InChI=1S/C12H11NO/c1-9-4-2-5-10(8-9)11-6-3-7-12(14)13-11/h2-8H,1H3,(H,13,14). The Morgan fingerprint density at radius 3 is 2.57 bits per heavy atom. The smallest absolute Gasteiger partial charge is 0.248 e. The summed E-state index contributed by atoms with van der Waals surface area (Å²) in [5, 5.41) is 0. The zero-order valence-corrected chi connectivity index (χ0v) is 7.95. The molecule has 0 fully saturated rings. The molecule has 0 spiro atoms. The monoisotopic (exact) mass is 185 g/mol. The first-order chi connectivity index (χ1) is 6.75. The maximum atomic E-state index is 11.1. The van der Waals surface area contributed by atoms with E-state index in [1.165, 1.54) is 11.6 Å². The highest BCUT2D eigenvalue weighted by molar-refractivity contribution is 5.59. The van der Waals surface area contributed by atoms with Crippen LogP contribution in [0, 0.1) is 6.92 Å². The molecule has 2 rings (SSSR count). The summed E-state index contributed by atoms with van der Waals surface area (Å²) in [7, 11) is 0. The average Bonchev–Trinajstić information content (AvgIpc) is 2.18. The molecular formula is C12H11NO. The van der Waals surface area contributed by atoms with Crippen molar-refractivity contribution in [2.45, 2.75) is 6.92 Å². The van der Waals surface area contributed by atoms with Gasteiger partial charge in [-0.05, 0) is 24.6 Å². The zero-order chi connectivity index (χ0) is 9.97. The van der Waals surface area contributed by atoms with E-state index >= 15 is 0 Å². The normalized spacial score (nSPS) is 10.1. The van der Waals surface area contributed by atoms with E-state index < -0.39 is 0 Å². The van der Waals surface area contributed by atoms with Crippen LogP contribution in [0.5, 0.6) is 0 Å². The van der Waals surface area contributed by atoms with Gasteiger partial charge in [-0.15, -0.1) is 0 Å². The van der Waals surface area contributed by atoms with Gasteiger partial charge in [0.1, 0.15) is 0 Å². The van der Waals surface area contributed by atoms with E-state index in [0.29, 0.717) is 0 Å². The minimum Gasteiger partial charge on any atom is -0.322 e. The Kier molecular flexibility index (Phi) is 2.19. The van der Waals surface area contributed by atoms with Crippen LogP contribution in [0.2, 0.25) is 0 Å². The van der Waals surface area contributed by atoms with Gasteiger partial charge in [0.25, 0.3) is 0 Å². The van der Waals surface area contributed by atoms with Gasteiger partial charge in [0.2, 0.25) is 5.56 Å². The molecule has 1 heterocycles. The summed E-state index contributed by atoms with van der Waals surface area (Å²) in [5.74, 6) is 0. The molecule has 0 saturated heterocycles. The van der Waals surface area contributed by atoms with Crippen LogP contribution in [0.25, 0.3) is 11.3 Å². The molecule has 2 heteroatoms. The number of aryl methyl sites for hydroxylation is 1. The molecule has 0 aliphatic rings. The fourth-order valence-electron chi connectivity index (χ4n) is 1.43. The van der Waals surface area contributed by atoms with Crippen molar-refractivity contribution in [3.8, 4) is 11.3 Å². The number of H-pyrrole nitrogens is 1. The third-order valence-electron chi connectivity index (χ3n) is 2.10. The summed E-state index contributed by atoms with van der Waals surface area (Å²) in [6, 6.07) is 13.2. The molecule has 0 atom stereocenters. The van der Waals surface area contributed by atoms with E-state index in [9.17, 15) is 4.79 Å². The summed E-state index contributed by atoms with van der Waals surface area (Å²) in [4.78, 5) is 13.9. The lowest BCUT2D eigenvalue weighted by Gasteiger charge is -2.01. The van der Waals surface area contributed by atoms with Crippen LogP contribution >= 0.6 is 0 Å².